The first-order chi connectivity index (χ1) is 10.5. The zero-order valence-corrected chi connectivity index (χ0v) is 13.1. The molecule has 0 radical (unpaired) electrons. The quantitative estimate of drug-likeness (QED) is 0.851. The molecular formula is C16H21N5O. The van der Waals surface area contributed by atoms with Gasteiger partial charge >= 0.3 is 0 Å². The van der Waals surface area contributed by atoms with Crippen molar-refractivity contribution in [2.75, 3.05) is 32.5 Å². The number of hydrogen-bond acceptors (Lipinski definition) is 5. The normalized spacial score (nSPS) is 10.5. The molecule has 0 aliphatic heterocycles. The van der Waals surface area contributed by atoms with E-state index in [9.17, 15) is 4.79 Å². The maximum Gasteiger partial charge on any atom is 0.270 e. The molecule has 1 heterocycles. The van der Waals surface area contributed by atoms with E-state index in [-0.39, 0.29) is 5.91 Å². The van der Waals surface area contributed by atoms with Crippen molar-refractivity contribution in [2.45, 2.75) is 6.92 Å². The molecule has 6 nitrogen and oxygen atoms in total. The van der Waals surface area contributed by atoms with Gasteiger partial charge in [0, 0.05) is 24.8 Å². The van der Waals surface area contributed by atoms with Gasteiger partial charge in [0.2, 0.25) is 0 Å². The van der Waals surface area contributed by atoms with Crippen molar-refractivity contribution in [3.63, 3.8) is 0 Å². The molecule has 22 heavy (non-hydrogen) atoms. The van der Waals surface area contributed by atoms with Crippen LogP contribution in [0.4, 0.5) is 11.5 Å². The van der Waals surface area contributed by atoms with Crippen LogP contribution in [0.15, 0.2) is 36.7 Å². The van der Waals surface area contributed by atoms with Crippen LogP contribution in [-0.2, 0) is 0 Å². The molecule has 2 N–H and O–H groups in total. The molecule has 116 valence electrons. The largest absolute Gasteiger partial charge is 0.349 e. The zero-order chi connectivity index (χ0) is 15.9. The molecule has 6 heteroatoms. The summed E-state index contributed by atoms with van der Waals surface area (Å²) in [5, 5.41) is 6.01. The van der Waals surface area contributed by atoms with Crippen molar-refractivity contribution in [3.8, 4) is 0 Å². The molecular weight excluding hydrogens is 278 g/mol. The summed E-state index contributed by atoms with van der Waals surface area (Å²) in [7, 11) is 3.92. The van der Waals surface area contributed by atoms with Gasteiger partial charge in [0.25, 0.3) is 5.91 Å². The highest BCUT2D eigenvalue weighted by atomic mass is 16.1. The van der Waals surface area contributed by atoms with Crippen LogP contribution in [0.3, 0.4) is 0 Å². The topological polar surface area (TPSA) is 70.2 Å². The lowest BCUT2D eigenvalue weighted by atomic mass is 10.2. The van der Waals surface area contributed by atoms with Crippen molar-refractivity contribution in [1.29, 1.82) is 0 Å². The monoisotopic (exact) mass is 299 g/mol. The van der Waals surface area contributed by atoms with E-state index in [1.165, 1.54) is 6.33 Å². The first kappa shape index (κ1) is 15.9. The fourth-order valence-corrected chi connectivity index (χ4v) is 1.90. The number of amides is 1. The molecule has 0 fully saturated rings. The van der Waals surface area contributed by atoms with Crippen LogP contribution in [0.1, 0.15) is 16.1 Å². The van der Waals surface area contributed by atoms with E-state index in [4.69, 9.17) is 0 Å². The molecule has 0 atom stereocenters. The highest BCUT2D eigenvalue weighted by molar-refractivity contribution is 5.92. The molecule has 0 aliphatic carbocycles. The van der Waals surface area contributed by atoms with E-state index in [1.54, 1.807) is 6.07 Å². The second-order valence-electron chi connectivity index (χ2n) is 5.34. The van der Waals surface area contributed by atoms with Crippen molar-refractivity contribution in [2.24, 2.45) is 0 Å². The van der Waals surface area contributed by atoms with Crippen LogP contribution in [0.5, 0.6) is 0 Å². The van der Waals surface area contributed by atoms with E-state index in [0.29, 0.717) is 18.1 Å². The lowest BCUT2D eigenvalue weighted by Crippen LogP contribution is -2.31. The molecule has 1 aromatic carbocycles. The summed E-state index contributed by atoms with van der Waals surface area (Å²) in [6.45, 7) is 3.39. The standard InChI is InChI=1S/C16H21N5O/c1-12-5-4-6-13(9-12)20-15-10-14(18-11-19-15)16(22)17-7-8-21(2)3/h4-6,9-11H,7-8H2,1-3H3,(H,17,22)(H,18,19,20). The minimum Gasteiger partial charge on any atom is -0.349 e. The Balaban J connectivity index is 2.01. The van der Waals surface area contributed by atoms with Crippen LogP contribution < -0.4 is 10.6 Å². The summed E-state index contributed by atoms with van der Waals surface area (Å²) in [4.78, 5) is 22.2. The fraction of sp³-hybridized carbons (Fsp3) is 0.312. The second kappa shape index (κ2) is 7.51. The number of carbonyl (C=O) groups excluding carboxylic acids is 1. The Hall–Kier alpha value is -2.47. The number of benzene rings is 1. The van der Waals surface area contributed by atoms with Crippen molar-refractivity contribution in [1.82, 2.24) is 20.2 Å². The third-order valence-electron chi connectivity index (χ3n) is 3.03. The summed E-state index contributed by atoms with van der Waals surface area (Å²) in [5.41, 5.74) is 2.43. The third-order valence-corrected chi connectivity index (χ3v) is 3.03. The molecule has 2 rings (SSSR count). The Morgan fingerprint density at radius 1 is 1.23 bits per heavy atom. The average molecular weight is 299 g/mol. The van der Waals surface area contributed by atoms with Gasteiger partial charge in [-0.2, -0.15) is 0 Å². The van der Waals surface area contributed by atoms with Crippen molar-refractivity contribution in [3.05, 3.63) is 47.9 Å². The number of anilines is 2. The summed E-state index contributed by atoms with van der Waals surface area (Å²) >= 11 is 0. The van der Waals surface area contributed by atoms with Gasteiger partial charge in [-0.05, 0) is 38.7 Å². The minimum absolute atomic E-state index is 0.198. The molecule has 0 aliphatic rings. The summed E-state index contributed by atoms with van der Waals surface area (Å²) < 4.78 is 0. The molecule has 1 aromatic heterocycles. The fourth-order valence-electron chi connectivity index (χ4n) is 1.90. The Labute approximate surface area is 130 Å². The van der Waals surface area contributed by atoms with E-state index in [2.05, 4.69) is 20.6 Å². The second-order valence-corrected chi connectivity index (χ2v) is 5.34. The van der Waals surface area contributed by atoms with Gasteiger partial charge in [0.15, 0.2) is 0 Å². The van der Waals surface area contributed by atoms with E-state index in [0.717, 1.165) is 17.8 Å². The number of rotatable bonds is 6. The number of carbonyl (C=O) groups is 1. The van der Waals surface area contributed by atoms with Crippen molar-refractivity contribution < 1.29 is 4.79 Å². The predicted molar refractivity (Wildman–Crippen MR) is 87.4 cm³/mol. The van der Waals surface area contributed by atoms with Crippen LogP contribution in [-0.4, -0.2) is 48.0 Å². The zero-order valence-electron chi connectivity index (χ0n) is 13.1. The lowest BCUT2D eigenvalue weighted by molar-refractivity contribution is 0.0946. The van der Waals surface area contributed by atoms with Gasteiger partial charge in [-0.15, -0.1) is 0 Å². The van der Waals surface area contributed by atoms with E-state index in [1.807, 2.05) is 50.2 Å². The summed E-state index contributed by atoms with van der Waals surface area (Å²) in [5.74, 6) is 0.398. The van der Waals surface area contributed by atoms with Crippen LogP contribution in [0.2, 0.25) is 0 Å². The van der Waals surface area contributed by atoms with Crippen molar-refractivity contribution >= 4 is 17.4 Å². The van der Waals surface area contributed by atoms with E-state index < -0.39 is 0 Å². The highest BCUT2D eigenvalue weighted by Gasteiger charge is 2.08. The minimum atomic E-state index is -0.198. The number of aryl methyl sites for hydroxylation is 1. The Bertz CT molecular complexity index is 642. The number of hydrogen-bond donors (Lipinski definition) is 2. The van der Waals surface area contributed by atoms with Gasteiger partial charge in [-0.1, -0.05) is 12.1 Å². The number of nitrogens with zero attached hydrogens (tertiary/aromatic N) is 3. The molecule has 0 saturated heterocycles. The molecule has 2 aromatic rings. The lowest BCUT2D eigenvalue weighted by Gasteiger charge is -2.10. The third kappa shape index (κ3) is 4.82. The van der Waals surface area contributed by atoms with Crippen LogP contribution >= 0.6 is 0 Å². The van der Waals surface area contributed by atoms with Gasteiger partial charge < -0.3 is 15.5 Å². The Morgan fingerprint density at radius 2 is 2.05 bits per heavy atom. The summed E-state index contributed by atoms with van der Waals surface area (Å²) in [6.07, 6.45) is 1.39. The SMILES string of the molecule is Cc1cccc(Nc2cc(C(=O)NCCN(C)C)ncn2)c1. The van der Waals surface area contributed by atoms with Gasteiger partial charge in [0.1, 0.15) is 17.8 Å². The Kier molecular flexibility index (Phi) is 5.43. The number of aromatic nitrogens is 2. The van der Waals surface area contributed by atoms with Crippen LogP contribution in [0.25, 0.3) is 0 Å². The summed E-state index contributed by atoms with van der Waals surface area (Å²) in [6, 6.07) is 9.60. The molecule has 0 saturated carbocycles. The molecule has 0 spiro atoms. The number of likely N-dealkylation sites (N-methyl/N-ethyl adjacent to an activating group) is 1. The predicted octanol–water partition coefficient (Wildman–Crippen LogP) is 1.82. The first-order valence-electron chi connectivity index (χ1n) is 7.13. The van der Waals surface area contributed by atoms with Gasteiger partial charge in [-0.3, -0.25) is 4.79 Å². The van der Waals surface area contributed by atoms with Crippen LogP contribution in [0, 0.1) is 6.92 Å². The van der Waals surface area contributed by atoms with E-state index >= 15 is 0 Å². The first-order valence-corrected chi connectivity index (χ1v) is 7.13. The Morgan fingerprint density at radius 3 is 2.77 bits per heavy atom. The highest BCUT2D eigenvalue weighted by Crippen LogP contribution is 2.15. The van der Waals surface area contributed by atoms with Gasteiger partial charge in [-0.25, -0.2) is 9.97 Å². The number of nitrogens with one attached hydrogen (secondary N) is 2. The average Bonchev–Trinajstić information content (AvgIpc) is 2.47. The molecule has 0 unspecified atom stereocenters. The maximum atomic E-state index is 12.0. The van der Waals surface area contributed by atoms with Gasteiger partial charge in [0.05, 0.1) is 0 Å². The molecule has 1 amide bonds. The molecule has 0 bridgehead atoms. The smallest absolute Gasteiger partial charge is 0.270 e. The maximum absolute atomic E-state index is 12.0.